The molecular formula is C20H20N2O4. The minimum atomic E-state index is -0.292. The number of hydrogen-bond donors (Lipinski definition) is 2. The lowest BCUT2D eigenvalue weighted by Gasteiger charge is -2.08. The van der Waals surface area contributed by atoms with E-state index in [9.17, 15) is 9.59 Å². The van der Waals surface area contributed by atoms with Crippen LogP contribution in [0.15, 0.2) is 53.3 Å². The number of aromatic nitrogens is 1. The van der Waals surface area contributed by atoms with E-state index in [1.165, 1.54) is 0 Å². The van der Waals surface area contributed by atoms with E-state index >= 15 is 0 Å². The van der Waals surface area contributed by atoms with Crippen molar-refractivity contribution in [1.29, 1.82) is 0 Å². The summed E-state index contributed by atoms with van der Waals surface area (Å²) < 4.78 is 10.6. The van der Waals surface area contributed by atoms with Crippen LogP contribution in [-0.4, -0.2) is 24.6 Å². The first-order valence-electron chi connectivity index (χ1n) is 8.21. The molecule has 2 N–H and O–H groups in total. The first kappa shape index (κ1) is 17.5. The Kier molecular flexibility index (Phi) is 5.22. The van der Waals surface area contributed by atoms with Crippen molar-refractivity contribution >= 4 is 16.8 Å². The lowest BCUT2D eigenvalue weighted by atomic mass is 10.1. The van der Waals surface area contributed by atoms with E-state index < -0.39 is 0 Å². The van der Waals surface area contributed by atoms with E-state index in [-0.39, 0.29) is 24.6 Å². The number of rotatable bonds is 6. The molecule has 3 aromatic rings. The molecule has 0 fully saturated rings. The number of nitrogens with one attached hydrogen (secondary N) is 2. The van der Waals surface area contributed by atoms with Gasteiger partial charge in [-0.15, -0.1) is 0 Å². The van der Waals surface area contributed by atoms with Crippen LogP contribution >= 0.6 is 0 Å². The average molecular weight is 352 g/mol. The number of benzene rings is 2. The fourth-order valence-electron chi connectivity index (χ4n) is 2.51. The average Bonchev–Trinajstić information content (AvgIpc) is 2.65. The fourth-order valence-corrected chi connectivity index (χ4v) is 2.51. The van der Waals surface area contributed by atoms with E-state index in [2.05, 4.69) is 10.3 Å². The van der Waals surface area contributed by atoms with Crippen molar-refractivity contribution in [2.45, 2.75) is 13.5 Å². The predicted octanol–water partition coefficient (Wildman–Crippen LogP) is 2.54. The lowest BCUT2D eigenvalue weighted by molar-refractivity contribution is -0.123. The van der Waals surface area contributed by atoms with Gasteiger partial charge in [0.05, 0.1) is 12.6 Å². The van der Waals surface area contributed by atoms with Crippen LogP contribution in [0.5, 0.6) is 11.5 Å². The zero-order chi connectivity index (χ0) is 18.5. The minimum Gasteiger partial charge on any atom is -0.497 e. The van der Waals surface area contributed by atoms with Crippen molar-refractivity contribution in [3.63, 3.8) is 0 Å². The highest BCUT2D eigenvalue weighted by Crippen LogP contribution is 2.18. The first-order valence-corrected chi connectivity index (χ1v) is 8.21. The van der Waals surface area contributed by atoms with E-state index in [0.717, 1.165) is 10.9 Å². The van der Waals surface area contributed by atoms with Crippen LogP contribution in [0.1, 0.15) is 11.1 Å². The van der Waals surface area contributed by atoms with Gasteiger partial charge in [-0.1, -0.05) is 17.7 Å². The topological polar surface area (TPSA) is 80.4 Å². The van der Waals surface area contributed by atoms with Crippen LogP contribution in [0.3, 0.4) is 0 Å². The minimum absolute atomic E-state index is 0.105. The molecule has 134 valence electrons. The summed E-state index contributed by atoms with van der Waals surface area (Å²) >= 11 is 0. The first-order chi connectivity index (χ1) is 12.5. The van der Waals surface area contributed by atoms with Gasteiger partial charge < -0.3 is 19.8 Å². The molecule has 6 heteroatoms. The van der Waals surface area contributed by atoms with Crippen LogP contribution < -0.4 is 20.3 Å². The van der Waals surface area contributed by atoms with Crippen LogP contribution in [0, 0.1) is 6.92 Å². The Morgan fingerprint density at radius 2 is 1.81 bits per heavy atom. The van der Waals surface area contributed by atoms with E-state index in [1.54, 1.807) is 19.2 Å². The lowest BCUT2D eigenvalue weighted by Crippen LogP contribution is -2.30. The number of aromatic amines is 1. The van der Waals surface area contributed by atoms with Crippen molar-refractivity contribution in [2.24, 2.45) is 0 Å². The van der Waals surface area contributed by atoms with Crippen LogP contribution in [0.4, 0.5) is 0 Å². The number of hydrogen-bond acceptors (Lipinski definition) is 4. The van der Waals surface area contributed by atoms with Crippen LogP contribution in [-0.2, 0) is 11.3 Å². The summed E-state index contributed by atoms with van der Waals surface area (Å²) in [6.45, 7) is 2.01. The molecular weight excluding hydrogens is 332 g/mol. The summed E-state index contributed by atoms with van der Waals surface area (Å²) in [6.07, 6.45) is 0. The number of carbonyl (C=O) groups is 1. The highest BCUT2D eigenvalue weighted by molar-refractivity contribution is 5.81. The van der Waals surface area contributed by atoms with E-state index in [0.29, 0.717) is 22.6 Å². The molecule has 3 rings (SSSR count). The number of ether oxygens (including phenoxy) is 2. The van der Waals surface area contributed by atoms with Crippen LogP contribution in [0.25, 0.3) is 10.9 Å². The highest BCUT2D eigenvalue weighted by atomic mass is 16.5. The molecule has 0 bridgehead atoms. The van der Waals surface area contributed by atoms with Crippen molar-refractivity contribution in [3.8, 4) is 11.5 Å². The second-order valence-electron chi connectivity index (χ2n) is 5.96. The Morgan fingerprint density at radius 1 is 1.08 bits per heavy atom. The van der Waals surface area contributed by atoms with Gasteiger partial charge in [-0.3, -0.25) is 9.59 Å². The van der Waals surface area contributed by atoms with E-state index in [1.807, 2.05) is 43.3 Å². The van der Waals surface area contributed by atoms with Gasteiger partial charge in [0.2, 0.25) is 0 Å². The zero-order valence-corrected chi connectivity index (χ0v) is 14.7. The molecule has 0 aliphatic carbocycles. The van der Waals surface area contributed by atoms with Gasteiger partial charge in [0, 0.05) is 18.2 Å². The maximum Gasteiger partial charge on any atom is 0.258 e. The summed E-state index contributed by atoms with van der Waals surface area (Å²) in [5.41, 5.74) is 2.04. The van der Waals surface area contributed by atoms with Crippen molar-refractivity contribution in [2.75, 3.05) is 13.7 Å². The van der Waals surface area contributed by atoms with Gasteiger partial charge in [0.1, 0.15) is 11.5 Å². The summed E-state index contributed by atoms with van der Waals surface area (Å²) in [7, 11) is 1.57. The number of amides is 1. The molecule has 0 saturated heterocycles. The monoisotopic (exact) mass is 352 g/mol. The molecule has 6 nitrogen and oxygen atoms in total. The number of fused-ring (bicyclic) bond motifs is 1. The SMILES string of the molecule is COc1ccc2cc(CNC(=O)COc3ccc(C)cc3)c(=O)[nH]c2c1. The molecule has 1 heterocycles. The predicted molar refractivity (Wildman–Crippen MR) is 99.6 cm³/mol. The molecule has 0 aliphatic heterocycles. The van der Waals surface area contributed by atoms with Gasteiger partial charge in [-0.25, -0.2) is 0 Å². The summed E-state index contributed by atoms with van der Waals surface area (Å²) in [5, 5.41) is 3.57. The highest BCUT2D eigenvalue weighted by Gasteiger charge is 2.07. The molecule has 2 aromatic carbocycles. The molecule has 0 unspecified atom stereocenters. The zero-order valence-electron chi connectivity index (χ0n) is 14.7. The Labute approximate surface area is 150 Å². The van der Waals surface area contributed by atoms with Crippen molar-refractivity contribution < 1.29 is 14.3 Å². The second-order valence-corrected chi connectivity index (χ2v) is 5.96. The van der Waals surface area contributed by atoms with Gasteiger partial charge in [0.15, 0.2) is 6.61 Å². The maximum atomic E-state index is 12.2. The van der Waals surface area contributed by atoms with Crippen molar-refractivity contribution in [3.05, 3.63) is 70.0 Å². The molecule has 0 aliphatic rings. The van der Waals surface area contributed by atoms with Gasteiger partial charge in [-0.05, 0) is 42.6 Å². The maximum absolute atomic E-state index is 12.2. The van der Waals surface area contributed by atoms with Crippen LogP contribution in [0.2, 0.25) is 0 Å². The van der Waals surface area contributed by atoms with Gasteiger partial charge in [0.25, 0.3) is 11.5 Å². The second kappa shape index (κ2) is 7.74. The number of H-pyrrole nitrogens is 1. The summed E-state index contributed by atoms with van der Waals surface area (Å²) in [4.78, 5) is 26.9. The number of methoxy groups -OCH3 is 1. The Bertz CT molecular complexity index is 977. The third-order valence-corrected chi connectivity index (χ3v) is 4.00. The quantitative estimate of drug-likeness (QED) is 0.714. The third-order valence-electron chi connectivity index (χ3n) is 4.00. The molecule has 1 aromatic heterocycles. The Balaban J connectivity index is 1.61. The normalized spacial score (nSPS) is 10.5. The molecule has 0 spiro atoms. The standard InChI is InChI=1S/C20H20N2O4/c1-13-3-6-16(7-4-13)26-12-19(23)21-11-15-9-14-5-8-17(25-2)10-18(14)22-20(15)24/h3-10H,11-12H2,1-2H3,(H,21,23)(H,22,24). The third kappa shape index (κ3) is 4.22. The smallest absolute Gasteiger partial charge is 0.258 e. The molecule has 26 heavy (non-hydrogen) atoms. The van der Waals surface area contributed by atoms with Gasteiger partial charge in [-0.2, -0.15) is 0 Å². The largest absolute Gasteiger partial charge is 0.497 e. The molecule has 1 amide bonds. The van der Waals surface area contributed by atoms with Crippen molar-refractivity contribution in [1.82, 2.24) is 10.3 Å². The van der Waals surface area contributed by atoms with E-state index in [4.69, 9.17) is 9.47 Å². The molecule has 0 saturated carbocycles. The summed E-state index contributed by atoms with van der Waals surface area (Å²) in [6, 6.07) is 14.6. The molecule has 0 radical (unpaired) electrons. The summed E-state index contributed by atoms with van der Waals surface area (Å²) in [5.74, 6) is 1.01. The number of aryl methyl sites for hydroxylation is 1. The Hall–Kier alpha value is -3.28. The number of carbonyl (C=O) groups excluding carboxylic acids is 1. The fraction of sp³-hybridized carbons (Fsp3) is 0.200. The van der Waals surface area contributed by atoms with Gasteiger partial charge >= 0.3 is 0 Å². The molecule has 0 atom stereocenters. The number of pyridine rings is 1. The Morgan fingerprint density at radius 3 is 2.54 bits per heavy atom.